The van der Waals surface area contributed by atoms with Crippen molar-refractivity contribution in [2.45, 2.75) is 26.7 Å². The van der Waals surface area contributed by atoms with Crippen LogP contribution in [0.3, 0.4) is 0 Å². The number of aryl methyl sites for hydroxylation is 1. The number of rotatable bonds is 5. The fourth-order valence-electron chi connectivity index (χ4n) is 5.43. The zero-order valence-electron chi connectivity index (χ0n) is 21.0. The Kier molecular flexibility index (Phi) is 5.69. The third-order valence-electron chi connectivity index (χ3n) is 7.62. The summed E-state index contributed by atoms with van der Waals surface area (Å²) in [5.74, 6) is 2.67. The summed E-state index contributed by atoms with van der Waals surface area (Å²) in [7, 11) is 3.18. The summed E-state index contributed by atoms with van der Waals surface area (Å²) in [5, 5.41) is 0.721. The van der Waals surface area contributed by atoms with Crippen LogP contribution in [0, 0.1) is 18.3 Å². The van der Waals surface area contributed by atoms with Crippen molar-refractivity contribution in [1.29, 1.82) is 0 Å². The van der Waals surface area contributed by atoms with E-state index in [2.05, 4.69) is 54.9 Å². The Hall–Kier alpha value is -3.55. The lowest BCUT2D eigenvalue weighted by Crippen LogP contribution is -2.50. The molecule has 5 rings (SSSR count). The maximum atomic E-state index is 13.5. The van der Waals surface area contributed by atoms with E-state index in [1.807, 2.05) is 11.0 Å². The topological polar surface area (TPSA) is 93.8 Å². The minimum absolute atomic E-state index is 0.0202. The van der Waals surface area contributed by atoms with E-state index in [1.54, 1.807) is 20.3 Å². The van der Waals surface area contributed by atoms with Gasteiger partial charge in [-0.05, 0) is 24.0 Å². The fourth-order valence-corrected chi connectivity index (χ4v) is 5.43. The van der Waals surface area contributed by atoms with E-state index < -0.39 is 0 Å². The Balaban J connectivity index is 1.29. The highest BCUT2D eigenvalue weighted by Crippen LogP contribution is 2.65. The molecule has 184 valence electrons. The van der Waals surface area contributed by atoms with Crippen LogP contribution in [0.25, 0.3) is 10.9 Å². The number of carbonyl (C=O) groups is 1. The van der Waals surface area contributed by atoms with Crippen LogP contribution in [0.1, 0.15) is 30.9 Å². The summed E-state index contributed by atoms with van der Waals surface area (Å²) >= 11 is 0. The van der Waals surface area contributed by atoms with Crippen molar-refractivity contribution in [3.05, 3.63) is 47.5 Å². The number of ether oxygens (including phenoxy) is 2. The Morgan fingerprint density at radius 3 is 2.26 bits per heavy atom. The fraction of sp³-hybridized carbons (Fsp3) is 0.444. The lowest BCUT2D eigenvalue weighted by molar-refractivity contribution is -0.133. The Morgan fingerprint density at radius 2 is 1.63 bits per heavy atom. The Bertz CT molecular complexity index is 1270. The molecule has 1 saturated carbocycles. The summed E-state index contributed by atoms with van der Waals surface area (Å²) in [6.45, 7) is 9.08. The summed E-state index contributed by atoms with van der Waals surface area (Å²) in [6, 6.07) is 12.2. The number of hydrogen-bond acceptors (Lipinski definition) is 7. The summed E-state index contributed by atoms with van der Waals surface area (Å²) in [5.41, 5.74) is 9.43. The second-order valence-corrected chi connectivity index (χ2v) is 10.1. The molecule has 2 fully saturated rings. The number of piperazine rings is 1. The molecule has 1 amide bonds. The third kappa shape index (κ3) is 4.00. The second kappa shape index (κ2) is 8.59. The number of methoxy groups -OCH3 is 2. The first-order valence-electron chi connectivity index (χ1n) is 12.0. The van der Waals surface area contributed by atoms with Crippen LogP contribution in [0.4, 0.5) is 11.8 Å². The van der Waals surface area contributed by atoms with E-state index in [1.165, 1.54) is 11.1 Å². The zero-order valence-corrected chi connectivity index (χ0v) is 21.0. The van der Waals surface area contributed by atoms with Gasteiger partial charge in [0.05, 0.1) is 25.7 Å². The number of nitrogens with two attached hydrogens (primary N) is 1. The molecule has 8 nitrogen and oxygen atoms in total. The van der Waals surface area contributed by atoms with E-state index in [0.29, 0.717) is 55.0 Å². The molecule has 0 radical (unpaired) electrons. The number of anilines is 2. The number of fused-ring (bicyclic) bond motifs is 1. The van der Waals surface area contributed by atoms with Crippen LogP contribution >= 0.6 is 0 Å². The molecule has 8 heteroatoms. The normalized spacial score (nSPS) is 21.2. The molecule has 2 heterocycles. The number of amides is 1. The molecule has 2 N–H and O–H groups in total. The first-order valence-corrected chi connectivity index (χ1v) is 12.0. The molecule has 0 bridgehead atoms. The lowest BCUT2D eigenvalue weighted by atomic mass is 10.0. The van der Waals surface area contributed by atoms with Gasteiger partial charge >= 0.3 is 0 Å². The first-order chi connectivity index (χ1) is 16.7. The first kappa shape index (κ1) is 23.2. The third-order valence-corrected chi connectivity index (χ3v) is 7.62. The average Bonchev–Trinajstić information content (AvgIpc) is 3.44. The van der Waals surface area contributed by atoms with Gasteiger partial charge in [-0.3, -0.25) is 4.79 Å². The van der Waals surface area contributed by atoms with Crippen LogP contribution < -0.4 is 20.1 Å². The molecule has 2 aromatic carbocycles. The quantitative estimate of drug-likeness (QED) is 0.602. The van der Waals surface area contributed by atoms with Crippen molar-refractivity contribution in [3.63, 3.8) is 0 Å². The predicted molar refractivity (Wildman–Crippen MR) is 137 cm³/mol. The number of carbonyl (C=O) groups excluding carboxylic acids is 1. The van der Waals surface area contributed by atoms with Gasteiger partial charge in [-0.25, -0.2) is 4.98 Å². The van der Waals surface area contributed by atoms with Crippen molar-refractivity contribution in [2.75, 3.05) is 51.0 Å². The number of nitrogens with zero attached hydrogens (tertiary/aromatic N) is 4. The molecule has 1 aliphatic carbocycles. The van der Waals surface area contributed by atoms with Gasteiger partial charge in [0.1, 0.15) is 5.82 Å². The van der Waals surface area contributed by atoms with Gasteiger partial charge in [-0.1, -0.05) is 43.7 Å². The number of aromatic nitrogens is 2. The summed E-state index contributed by atoms with van der Waals surface area (Å²) < 4.78 is 10.8. The van der Waals surface area contributed by atoms with Crippen molar-refractivity contribution in [1.82, 2.24) is 14.9 Å². The highest BCUT2D eigenvalue weighted by Gasteiger charge is 2.63. The molecule has 1 aliphatic heterocycles. The molecular weight excluding hydrogens is 442 g/mol. The number of hydrogen-bond donors (Lipinski definition) is 1. The van der Waals surface area contributed by atoms with E-state index in [-0.39, 0.29) is 23.2 Å². The lowest BCUT2D eigenvalue weighted by Gasteiger charge is -2.35. The maximum Gasteiger partial charge on any atom is 0.228 e. The van der Waals surface area contributed by atoms with Crippen molar-refractivity contribution >= 4 is 28.6 Å². The smallest absolute Gasteiger partial charge is 0.228 e. The molecule has 1 saturated heterocycles. The van der Waals surface area contributed by atoms with Gasteiger partial charge in [0, 0.05) is 43.5 Å². The van der Waals surface area contributed by atoms with Crippen LogP contribution in [0.15, 0.2) is 36.4 Å². The van der Waals surface area contributed by atoms with E-state index in [9.17, 15) is 4.79 Å². The zero-order chi connectivity index (χ0) is 24.9. The predicted octanol–water partition coefficient (Wildman–Crippen LogP) is 3.63. The van der Waals surface area contributed by atoms with Gasteiger partial charge in [-0.15, -0.1) is 0 Å². The highest BCUT2D eigenvalue weighted by atomic mass is 16.5. The van der Waals surface area contributed by atoms with Gasteiger partial charge in [-0.2, -0.15) is 4.98 Å². The van der Waals surface area contributed by atoms with Crippen molar-refractivity contribution in [2.24, 2.45) is 11.3 Å². The van der Waals surface area contributed by atoms with Gasteiger partial charge in [0.25, 0.3) is 0 Å². The molecule has 2 unspecified atom stereocenters. The summed E-state index contributed by atoms with van der Waals surface area (Å²) in [6.07, 6.45) is 0. The number of benzene rings is 2. The molecule has 2 atom stereocenters. The molecule has 3 aromatic rings. The minimum atomic E-state index is -0.0283. The number of nitrogen functional groups attached to an aromatic ring is 1. The van der Waals surface area contributed by atoms with Crippen molar-refractivity contribution < 1.29 is 14.3 Å². The van der Waals surface area contributed by atoms with Crippen LogP contribution in [0.5, 0.6) is 11.5 Å². The van der Waals surface area contributed by atoms with Crippen LogP contribution in [0.2, 0.25) is 0 Å². The Labute approximate surface area is 206 Å². The maximum absolute atomic E-state index is 13.5. The molecule has 0 spiro atoms. The monoisotopic (exact) mass is 475 g/mol. The summed E-state index contributed by atoms with van der Waals surface area (Å²) in [4.78, 5) is 26.8. The highest BCUT2D eigenvalue weighted by molar-refractivity contribution is 5.92. The van der Waals surface area contributed by atoms with E-state index >= 15 is 0 Å². The minimum Gasteiger partial charge on any atom is -0.493 e. The second-order valence-electron chi connectivity index (χ2n) is 10.1. The molecule has 1 aromatic heterocycles. The SMILES string of the molecule is COc1cc2nc(N3CCN(C(=O)C4C(c5ccc(C)cc5)C4(C)C)CC3)nc(N)c2cc1OC. The Morgan fingerprint density at radius 1 is 1.00 bits per heavy atom. The van der Waals surface area contributed by atoms with Gasteiger partial charge in [0.15, 0.2) is 11.5 Å². The average molecular weight is 476 g/mol. The van der Waals surface area contributed by atoms with E-state index in [4.69, 9.17) is 20.2 Å². The van der Waals surface area contributed by atoms with Crippen LogP contribution in [-0.2, 0) is 4.79 Å². The van der Waals surface area contributed by atoms with Gasteiger partial charge in [0.2, 0.25) is 11.9 Å². The van der Waals surface area contributed by atoms with E-state index in [0.717, 1.165) is 5.39 Å². The largest absolute Gasteiger partial charge is 0.493 e. The van der Waals surface area contributed by atoms with Gasteiger partial charge < -0.3 is 25.0 Å². The molecule has 35 heavy (non-hydrogen) atoms. The van der Waals surface area contributed by atoms with Crippen molar-refractivity contribution in [3.8, 4) is 11.5 Å². The van der Waals surface area contributed by atoms with Crippen LogP contribution in [-0.4, -0.2) is 61.2 Å². The molecule has 2 aliphatic rings. The molecular formula is C27H33N5O3. The standard InChI is InChI=1S/C27H33N5O3/c1-16-6-8-17(9-7-16)22-23(27(22,2)3)25(33)31-10-12-32(13-11-31)26-29-19-15-21(35-5)20(34-4)14-18(19)24(28)30-26/h6-9,14-15,22-23H,10-13H2,1-5H3,(H2,28,29,30).